The molecular weight excluding hydrogens is 345 g/mol. The van der Waals surface area contributed by atoms with E-state index in [0.29, 0.717) is 17.5 Å². The highest BCUT2D eigenvalue weighted by atomic mass is 19.4. The van der Waals surface area contributed by atoms with Crippen LogP contribution in [0.25, 0.3) is 17.1 Å². The fraction of sp³-hybridized carbons (Fsp3) is 0.222. The zero-order valence-corrected chi connectivity index (χ0v) is 14.4. The van der Waals surface area contributed by atoms with Crippen molar-refractivity contribution in [3.63, 3.8) is 0 Å². The Kier molecular flexibility index (Phi) is 4.58. The molecule has 0 saturated heterocycles. The van der Waals surface area contributed by atoms with Gasteiger partial charge in [0, 0.05) is 12.6 Å². The molecule has 5 nitrogen and oxygen atoms in total. The molecule has 0 aliphatic rings. The van der Waals surface area contributed by atoms with Crippen LogP contribution < -0.4 is 10.1 Å². The Morgan fingerprint density at radius 3 is 2.31 bits per heavy atom. The number of anilines is 1. The molecule has 2 aromatic carbocycles. The van der Waals surface area contributed by atoms with E-state index in [0.717, 1.165) is 16.7 Å². The maximum absolute atomic E-state index is 12.3. The molecule has 0 amide bonds. The third-order valence-electron chi connectivity index (χ3n) is 3.77. The number of aryl methyl sites for hydroxylation is 2. The van der Waals surface area contributed by atoms with E-state index in [1.54, 1.807) is 7.05 Å². The second-order valence-electron chi connectivity index (χ2n) is 5.78. The Bertz CT molecular complexity index is 917. The van der Waals surface area contributed by atoms with Crippen LogP contribution in [0.5, 0.6) is 5.75 Å². The van der Waals surface area contributed by atoms with Gasteiger partial charge < -0.3 is 10.1 Å². The van der Waals surface area contributed by atoms with Gasteiger partial charge in [0.05, 0.1) is 5.69 Å². The fourth-order valence-corrected chi connectivity index (χ4v) is 2.62. The maximum atomic E-state index is 12.3. The monoisotopic (exact) mass is 362 g/mol. The average Bonchev–Trinajstić information content (AvgIpc) is 2.98. The minimum absolute atomic E-state index is 0.290. The van der Waals surface area contributed by atoms with Crippen molar-refractivity contribution < 1.29 is 17.9 Å². The lowest BCUT2D eigenvalue weighted by Crippen LogP contribution is -2.17. The number of hydrogen-bond acceptors (Lipinski definition) is 4. The maximum Gasteiger partial charge on any atom is 0.573 e. The predicted octanol–water partition coefficient (Wildman–Crippen LogP) is 4.49. The van der Waals surface area contributed by atoms with E-state index < -0.39 is 6.36 Å². The van der Waals surface area contributed by atoms with Gasteiger partial charge in [-0.05, 0) is 43.7 Å². The first-order valence-electron chi connectivity index (χ1n) is 7.85. The number of hydrogen-bond donors (Lipinski definition) is 1. The standard InChI is InChI=1S/C18H17F3N4O/c1-11-4-9-15(12(2)10-11)16-23-17(22-3)25(24-16)13-5-7-14(8-6-13)26-18(19,20)21/h4-10H,1-3H3,(H,22,23,24). The first-order valence-corrected chi connectivity index (χ1v) is 7.85. The van der Waals surface area contributed by atoms with Crippen LogP contribution in [0.3, 0.4) is 0 Å². The molecule has 1 heterocycles. The van der Waals surface area contributed by atoms with Crippen molar-refractivity contribution in [2.24, 2.45) is 0 Å². The molecule has 0 bridgehead atoms. The van der Waals surface area contributed by atoms with Crippen LogP contribution in [-0.2, 0) is 0 Å². The Hall–Kier alpha value is -3.03. The average molecular weight is 362 g/mol. The molecule has 0 radical (unpaired) electrons. The quantitative estimate of drug-likeness (QED) is 0.743. The molecule has 0 aliphatic heterocycles. The van der Waals surface area contributed by atoms with Crippen LogP contribution in [0, 0.1) is 13.8 Å². The molecule has 0 fully saturated rings. The van der Waals surface area contributed by atoms with Crippen LogP contribution in [-0.4, -0.2) is 28.2 Å². The topological polar surface area (TPSA) is 52.0 Å². The largest absolute Gasteiger partial charge is 0.573 e. The van der Waals surface area contributed by atoms with Gasteiger partial charge in [0.15, 0.2) is 5.82 Å². The van der Waals surface area contributed by atoms with Gasteiger partial charge in [-0.2, -0.15) is 9.67 Å². The second kappa shape index (κ2) is 6.70. The van der Waals surface area contributed by atoms with Crippen LogP contribution in [0.2, 0.25) is 0 Å². The highest BCUT2D eigenvalue weighted by Crippen LogP contribution is 2.27. The third kappa shape index (κ3) is 3.79. The number of benzene rings is 2. The van der Waals surface area contributed by atoms with Crippen molar-refractivity contribution in [2.75, 3.05) is 12.4 Å². The van der Waals surface area contributed by atoms with Crippen molar-refractivity contribution in [1.82, 2.24) is 14.8 Å². The summed E-state index contributed by atoms with van der Waals surface area (Å²) in [5.74, 6) is 0.717. The zero-order valence-electron chi connectivity index (χ0n) is 14.4. The smallest absolute Gasteiger partial charge is 0.406 e. The molecule has 1 N–H and O–H groups in total. The van der Waals surface area contributed by atoms with Gasteiger partial charge in [-0.15, -0.1) is 18.3 Å². The Morgan fingerprint density at radius 2 is 1.73 bits per heavy atom. The summed E-state index contributed by atoms with van der Waals surface area (Å²) in [5.41, 5.74) is 3.63. The molecule has 0 aliphatic carbocycles. The minimum atomic E-state index is -4.72. The first-order chi connectivity index (χ1) is 12.3. The van der Waals surface area contributed by atoms with Gasteiger partial charge in [0.1, 0.15) is 5.75 Å². The second-order valence-corrected chi connectivity index (χ2v) is 5.78. The number of nitrogens with zero attached hydrogens (tertiary/aromatic N) is 3. The zero-order chi connectivity index (χ0) is 18.9. The summed E-state index contributed by atoms with van der Waals surface area (Å²) in [6.45, 7) is 3.98. The van der Waals surface area contributed by atoms with E-state index in [1.807, 2.05) is 32.0 Å². The minimum Gasteiger partial charge on any atom is -0.406 e. The third-order valence-corrected chi connectivity index (χ3v) is 3.77. The Labute approximate surface area is 148 Å². The summed E-state index contributed by atoms with van der Waals surface area (Å²) < 4.78 is 42.3. The number of halogens is 3. The molecule has 0 spiro atoms. The van der Waals surface area contributed by atoms with Crippen LogP contribution >= 0.6 is 0 Å². The summed E-state index contributed by atoms with van der Waals surface area (Å²) in [5, 5.41) is 7.44. The van der Waals surface area contributed by atoms with Crippen LogP contribution in [0.15, 0.2) is 42.5 Å². The van der Waals surface area contributed by atoms with Crippen molar-refractivity contribution in [1.29, 1.82) is 0 Å². The van der Waals surface area contributed by atoms with Gasteiger partial charge in [-0.3, -0.25) is 0 Å². The van der Waals surface area contributed by atoms with Gasteiger partial charge in [0.2, 0.25) is 5.95 Å². The molecule has 0 unspecified atom stereocenters. The lowest BCUT2D eigenvalue weighted by molar-refractivity contribution is -0.274. The first kappa shape index (κ1) is 17.8. The summed E-state index contributed by atoms with van der Waals surface area (Å²) in [4.78, 5) is 4.48. The summed E-state index contributed by atoms with van der Waals surface area (Å²) in [7, 11) is 1.70. The van der Waals surface area contributed by atoms with E-state index in [9.17, 15) is 13.2 Å². The summed E-state index contributed by atoms with van der Waals surface area (Å²) >= 11 is 0. The number of alkyl halides is 3. The highest BCUT2D eigenvalue weighted by molar-refractivity contribution is 5.62. The molecule has 0 atom stereocenters. The SMILES string of the molecule is CNc1nc(-c2ccc(C)cc2C)nn1-c1ccc(OC(F)(F)F)cc1. The lowest BCUT2D eigenvalue weighted by atomic mass is 10.1. The predicted molar refractivity (Wildman–Crippen MR) is 92.5 cm³/mol. The molecule has 3 rings (SSSR count). The van der Waals surface area contributed by atoms with E-state index in [2.05, 4.69) is 20.1 Å². The molecule has 0 saturated carbocycles. The normalized spacial score (nSPS) is 11.5. The molecule has 136 valence electrons. The van der Waals surface area contributed by atoms with E-state index >= 15 is 0 Å². The fourth-order valence-electron chi connectivity index (χ4n) is 2.62. The van der Waals surface area contributed by atoms with E-state index in [4.69, 9.17) is 0 Å². The number of rotatable bonds is 4. The summed E-state index contributed by atoms with van der Waals surface area (Å²) in [6, 6.07) is 11.4. The molecular formula is C18H17F3N4O. The van der Waals surface area contributed by atoms with Crippen LogP contribution in [0.4, 0.5) is 19.1 Å². The lowest BCUT2D eigenvalue weighted by Gasteiger charge is -2.10. The van der Waals surface area contributed by atoms with Crippen LogP contribution in [0.1, 0.15) is 11.1 Å². The van der Waals surface area contributed by atoms with Gasteiger partial charge in [-0.25, -0.2) is 0 Å². The molecule has 26 heavy (non-hydrogen) atoms. The number of nitrogens with one attached hydrogen (secondary N) is 1. The Morgan fingerprint density at radius 1 is 1.04 bits per heavy atom. The number of aromatic nitrogens is 3. The highest BCUT2D eigenvalue weighted by Gasteiger charge is 2.31. The van der Waals surface area contributed by atoms with Gasteiger partial charge in [0.25, 0.3) is 0 Å². The van der Waals surface area contributed by atoms with Gasteiger partial charge in [-0.1, -0.05) is 23.8 Å². The molecule has 3 aromatic rings. The summed E-state index contributed by atoms with van der Waals surface area (Å²) in [6.07, 6.45) is -4.72. The van der Waals surface area contributed by atoms with E-state index in [1.165, 1.54) is 28.9 Å². The van der Waals surface area contributed by atoms with Crippen molar-refractivity contribution in [3.8, 4) is 22.8 Å². The molecule has 1 aromatic heterocycles. The van der Waals surface area contributed by atoms with Crippen molar-refractivity contribution in [2.45, 2.75) is 20.2 Å². The number of ether oxygens (including phenoxy) is 1. The van der Waals surface area contributed by atoms with Crippen molar-refractivity contribution >= 4 is 5.95 Å². The van der Waals surface area contributed by atoms with Crippen molar-refractivity contribution in [3.05, 3.63) is 53.6 Å². The Balaban J connectivity index is 1.96. The van der Waals surface area contributed by atoms with E-state index in [-0.39, 0.29) is 5.75 Å². The molecule has 8 heteroatoms. The van der Waals surface area contributed by atoms with Gasteiger partial charge >= 0.3 is 6.36 Å².